The van der Waals surface area contributed by atoms with Gasteiger partial charge in [0.2, 0.25) is 0 Å². The first kappa shape index (κ1) is 18.3. The predicted octanol–water partition coefficient (Wildman–Crippen LogP) is 5.46. The Labute approximate surface area is 169 Å². The lowest BCUT2D eigenvalue weighted by atomic mass is 10.2. The number of benzene rings is 1. The second-order valence-electron chi connectivity index (χ2n) is 6.10. The highest BCUT2D eigenvalue weighted by Gasteiger charge is 2.14. The van der Waals surface area contributed by atoms with Gasteiger partial charge in [0.05, 0.1) is 18.2 Å². The second kappa shape index (κ2) is 7.88. The van der Waals surface area contributed by atoms with Gasteiger partial charge in [-0.05, 0) is 36.8 Å². The molecule has 0 aliphatic heterocycles. The van der Waals surface area contributed by atoms with Gasteiger partial charge in [-0.1, -0.05) is 12.1 Å². The average Bonchev–Trinajstić information content (AvgIpc) is 3.28. The third kappa shape index (κ3) is 3.95. The van der Waals surface area contributed by atoms with Crippen molar-refractivity contribution in [1.29, 1.82) is 0 Å². The van der Waals surface area contributed by atoms with Crippen LogP contribution in [0, 0.1) is 6.92 Å². The zero-order chi connectivity index (χ0) is 18.8. The molecule has 0 amide bonds. The van der Waals surface area contributed by atoms with E-state index in [4.69, 9.17) is 4.74 Å². The van der Waals surface area contributed by atoms with E-state index in [1.54, 1.807) is 30.2 Å². The maximum Gasteiger partial charge on any atom is 0.260 e. The zero-order valence-electron chi connectivity index (χ0n) is 14.9. The van der Waals surface area contributed by atoms with E-state index in [1.165, 1.54) is 21.8 Å². The molecular formula is C20H18N2O2S3. The molecule has 1 N–H and O–H groups in total. The monoisotopic (exact) mass is 414 g/mol. The van der Waals surface area contributed by atoms with Crippen molar-refractivity contribution < 1.29 is 4.74 Å². The highest BCUT2D eigenvalue weighted by Crippen LogP contribution is 2.35. The number of nitrogens with zero attached hydrogens (tertiary/aromatic N) is 1. The Morgan fingerprint density at radius 2 is 2.11 bits per heavy atom. The SMILES string of the molecule is COc1cccc(CSCc2nc3scc(-c4ccc(C)s4)c3c(=O)[nH]2)c1. The molecule has 0 radical (unpaired) electrons. The molecule has 138 valence electrons. The van der Waals surface area contributed by atoms with Crippen molar-refractivity contribution in [3.8, 4) is 16.2 Å². The maximum atomic E-state index is 12.7. The largest absolute Gasteiger partial charge is 0.497 e. The summed E-state index contributed by atoms with van der Waals surface area (Å²) in [6, 6.07) is 12.2. The lowest BCUT2D eigenvalue weighted by Gasteiger charge is -2.05. The first-order valence-electron chi connectivity index (χ1n) is 8.42. The van der Waals surface area contributed by atoms with Crippen LogP contribution < -0.4 is 10.3 Å². The van der Waals surface area contributed by atoms with Crippen LogP contribution in [0.15, 0.2) is 46.6 Å². The highest BCUT2D eigenvalue weighted by atomic mass is 32.2. The summed E-state index contributed by atoms with van der Waals surface area (Å²) in [5.74, 6) is 3.07. The lowest BCUT2D eigenvalue weighted by molar-refractivity contribution is 0.414. The molecule has 7 heteroatoms. The van der Waals surface area contributed by atoms with Crippen LogP contribution >= 0.6 is 34.4 Å². The number of rotatable bonds is 6. The van der Waals surface area contributed by atoms with E-state index in [1.807, 2.05) is 23.6 Å². The lowest BCUT2D eigenvalue weighted by Crippen LogP contribution is -2.10. The smallest absolute Gasteiger partial charge is 0.260 e. The van der Waals surface area contributed by atoms with Gasteiger partial charge >= 0.3 is 0 Å². The number of aromatic nitrogens is 2. The van der Waals surface area contributed by atoms with E-state index in [2.05, 4.69) is 35.1 Å². The van der Waals surface area contributed by atoms with E-state index < -0.39 is 0 Å². The number of aromatic amines is 1. The zero-order valence-corrected chi connectivity index (χ0v) is 17.4. The van der Waals surface area contributed by atoms with Crippen molar-refractivity contribution in [2.75, 3.05) is 7.11 Å². The van der Waals surface area contributed by atoms with E-state index in [9.17, 15) is 4.79 Å². The van der Waals surface area contributed by atoms with Crippen molar-refractivity contribution in [3.63, 3.8) is 0 Å². The minimum absolute atomic E-state index is 0.0562. The molecule has 0 aliphatic carbocycles. The summed E-state index contributed by atoms with van der Waals surface area (Å²) in [5.41, 5.74) is 2.12. The predicted molar refractivity (Wildman–Crippen MR) is 116 cm³/mol. The number of hydrogen-bond acceptors (Lipinski definition) is 6. The molecule has 27 heavy (non-hydrogen) atoms. The first-order valence-corrected chi connectivity index (χ1v) is 11.3. The van der Waals surface area contributed by atoms with Crippen molar-refractivity contribution in [3.05, 3.63) is 68.4 Å². The molecule has 4 rings (SSSR count). The van der Waals surface area contributed by atoms with Gasteiger partial charge in [-0.3, -0.25) is 4.79 Å². The number of methoxy groups -OCH3 is 1. The molecule has 0 bridgehead atoms. The Hall–Kier alpha value is -2.09. The fourth-order valence-electron chi connectivity index (χ4n) is 2.85. The molecule has 4 nitrogen and oxygen atoms in total. The third-order valence-corrected chi connectivity index (χ3v) is 7.06. The summed E-state index contributed by atoms with van der Waals surface area (Å²) in [5, 5.41) is 2.73. The topological polar surface area (TPSA) is 55.0 Å². The Morgan fingerprint density at radius 3 is 2.89 bits per heavy atom. The Kier molecular flexibility index (Phi) is 5.33. The molecule has 0 atom stereocenters. The van der Waals surface area contributed by atoms with Gasteiger partial charge in [0.1, 0.15) is 16.4 Å². The average molecular weight is 415 g/mol. The van der Waals surface area contributed by atoms with Gasteiger partial charge in [0.15, 0.2) is 0 Å². The molecule has 0 saturated heterocycles. The van der Waals surface area contributed by atoms with Crippen LogP contribution in [0.1, 0.15) is 16.3 Å². The number of ether oxygens (including phenoxy) is 1. The summed E-state index contributed by atoms with van der Waals surface area (Å²) < 4.78 is 5.26. The molecule has 1 aromatic carbocycles. The van der Waals surface area contributed by atoms with Gasteiger partial charge in [-0.2, -0.15) is 0 Å². The number of fused-ring (bicyclic) bond motifs is 1. The number of thiophene rings is 2. The van der Waals surface area contributed by atoms with Crippen LogP contribution in [0.5, 0.6) is 5.75 Å². The molecule has 0 unspecified atom stereocenters. The Bertz CT molecular complexity index is 1140. The van der Waals surface area contributed by atoms with Gasteiger partial charge < -0.3 is 9.72 Å². The molecule has 3 aromatic heterocycles. The third-order valence-electron chi connectivity index (χ3n) is 4.14. The number of nitrogens with one attached hydrogen (secondary N) is 1. The standard InChI is InChI=1S/C20H18N2O2S3/c1-12-6-7-16(27-12)15-10-26-20-18(15)19(23)21-17(22-20)11-25-9-13-4-3-5-14(8-13)24-2/h3-8,10H,9,11H2,1-2H3,(H,21,22,23). The van der Waals surface area contributed by atoms with Gasteiger partial charge in [-0.15, -0.1) is 34.4 Å². The molecule has 0 saturated carbocycles. The number of thioether (sulfide) groups is 1. The Morgan fingerprint density at radius 1 is 1.22 bits per heavy atom. The van der Waals surface area contributed by atoms with E-state index in [0.717, 1.165) is 32.6 Å². The van der Waals surface area contributed by atoms with E-state index in [-0.39, 0.29) is 5.56 Å². The quantitative estimate of drug-likeness (QED) is 0.455. The first-order chi connectivity index (χ1) is 13.1. The van der Waals surface area contributed by atoms with Crippen LogP contribution in [0.3, 0.4) is 0 Å². The van der Waals surface area contributed by atoms with Crippen LogP contribution in [0.2, 0.25) is 0 Å². The van der Waals surface area contributed by atoms with Crippen molar-refractivity contribution >= 4 is 44.7 Å². The van der Waals surface area contributed by atoms with E-state index >= 15 is 0 Å². The summed E-state index contributed by atoms with van der Waals surface area (Å²) in [6.45, 7) is 2.07. The molecule has 0 aliphatic rings. The van der Waals surface area contributed by atoms with Gasteiger partial charge in [0, 0.05) is 26.5 Å². The molecule has 4 aromatic rings. The molecule has 3 heterocycles. The van der Waals surface area contributed by atoms with Crippen LogP contribution in [-0.2, 0) is 11.5 Å². The normalized spacial score (nSPS) is 11.2. The molecular weight excluding hydrogens is 396 g/mol. The molecule has 0 fully saturated rings. The van der Waals surface area contributed by atoms with Gasteiger partial charge in [-0.25, -0.2) is 4.98 Å². The fraction of sp³-hybridized carbons (Fsp3) is 0.200. The van der Waals surface area contributed by atoms with E-state index in [0.29, 0.717) is 11.1 Å². The van der Waals surface area contributed by atoms with Crippen molar-refractivity contribution in [2.45, 2.75) is 18.4 Å². The number of aryl methyl sites for hydroxylation is 1. The van der Waals surface area contributed by atoms with Crippen LogP contribution in [0.4, 0.5) is 0 Å². The summed E-state index contributed by atoms with van der Waals surface area (Å²) in [7, 11) is 1.67. The number of H-pyrrole nitrogens is 1. The van der Waals surface area contributed by atoms with Gasteiger partial charge in [0.25, 0.3) is 5.56 Å². The summed E-state index contributed by atoms with van der Waals surface area (Å²) >= 11 is 4.95. The Balaban J connectivity index is 1.52. The highest BCUT2D eigenvalue weighted by molar-refractivity contribution is 7.97. The summed E-state index contributed by atoms with van der Waals surface area (Å²) in [4.78, 5) is 23.5. The van der Waals surface area contributed by atoms with Crippen LogP contribution in [0.25, 0.3) is 20.7 Å². The van der Waals surface area contributed by atoms with Crippen LogP contribution in [-0.4, -0.2) is 17.1 Å². The van der Waals surface area contributed by atoms with Crippen molar-refractivity contribution in [1.82, 2.24) is 9.97 Å². The molecule has 0 spiro atoms. The van der Waals surface area contributed by atoms with Crippen molar-refractivity contribution in [2.24, 2.45) is 0 Å². The minimum Gasteiger partial charge on any atom is -0.497 e. The second-order valence-corrected chi connectivity index (χ2v) is 9.23. The number of hydrogen-bond donors (Lipinski definition) is 1. The summed E-state index contributed by atoms with van der Waals surface area (Å²) in [6.07, 6.45) is 0. The maximum absolute atomic E-state index is 12.7. The fourth-order valence-corrected chi connectivity index (χ4v) is 5.62. The minimum atomic E-state index is -0.0562.